The Morgan fingerprint density at radius 1 is 1.07 bits per heavy atom. The van der Waals surface area contributed by atoms with E-state index >= 15 is 0 Å². The maximum atomic E-state index is 5.96. The van der Waals surface area contributed by atoms with Gasteiger partial charge in [-0.2, -0.15) is 5.10 Å². The van der Waals surface area contributed by atoms with Crippen LogP contribution in [0.5, 0.6) is 0 Å². The lowest BCUT2D eigenvalue weighted by Gasteiger charge is -2.05. The minimum Gasteiger partial charge on any atom is -0.325 e. The van der Waals surface area contributed by atoms with E-state index in [1.54, 1.807) is 11.3 Å². The number of thiazole rings is 1. The number of aromatic nitrogens is 3. The third kappa shape index (κ3) is 3.17. The van der Waals surface area contributed by atoms with Gasteiger partial charge in [0.15, 0.2) is 0 Å². The van der Waals surface area contributed by atoms with Gasteiger partial charge in [-0.3, -0.25) is 0 Å². The van der Waals surface area contributed by atoms with Crippen molar-refractivity contribution in [1.29, 1.82) is 0 Å². The number of aryl methyl sites for hydroxylation is 2. The van der Waals surface area contributed by atoms with Crippen molar-refractivity contribution in [3.8, 4) is 16.4 Å². The molecule has 0 radical (unpaired) electrons. The van der Waals surface area contributed by atoms with E-state index < -0.39 is 0 Å². The number of benzene rings is 2. The Labute approximate surface area is 163 Å². The van der Waals surface area contributed by atoms with Crippen LogP contribution in [0.25, 0.3) is 27.3 Å². The highest BCUT2D eigenvalue weighted by Crippen LogP contribution is 2.36. The number of hydrogen-bond donors (Lipinski definition) is 1. The molecule has 4 nitrogen and oxygen atoms in total. The third-order valence-corrected chi connectivity index (χ3v) is 6.08. The first-order valence-corrected chi connectivity index (χ1v) is 10.1. The zero-order chi connectivity index (χ0) is 19.1. The maximum absolute atomic E-state index is 5.96. The summed E-state index contributed by atoms with van der Waals surface area (Å²) in [7, 11) is 0. The van der Waals surface area contributed by atoms with Gasteiger partial charge in [-0.15, -0.1) is 0 Å². The Kier molecular flexibility index (Phi) is 4.58. The molecule has 0 amide bonds. The fraction of sp³-hybridized carbons (Fsp3) is 0.273. The summed E-state index contributed by atoms with van der Waals surface area (Å²) < 4.78 is 1.95. The van der Waals surface area contributed by atoms with Crippen molar-refractivity contribution >= 4 is 22.2 Å². The summed E-state index contributed by atoms with van der Waals surface area (Å²) in [4.78, 5) is 6.29. The van der Waals surface area contributed by atoms with Crippen LogP contribution in [0.15, 0.2) is 42.5 Å². The molecule has 2 N–H and O–H groups in total. The van der Waals surface area contributed by atoms with Crippen LogP contribution < -0.4 is 5.73 Å². The zero-order valence-corrected chi connectivity index (χ0v) is 17.0. The molecule has 0 spiro atoms. The van der Waals surface area contributed by atoms with Crippen molar-refractivity contribution < 1.29 is 0 Å². The van der Waals surface area contributed by atoms with Crippen LogP contribution in [0.4, 0.5) is 0 Å². The average Bonchev–Trinajstić information content (AvgIpc) is 3.23. The molecule has 0 aliphatic heterocycles. The molecule has 0 saturated carbocycles. The number of fused-ring (bicyclic) bond motifs is 1. The Hall–Kier alpha value is -2.50. The first-order valence-electron chi connectivity index (χ1n) is 9.24. The van der Waals surface area contributed by atoms with E-state index in [2.05, 4.69) is 70.2 Å². The summed E-state index contributed by atoms with van der Waals surface area (Å²) >= 11 is 1.71. The summed E-state index contributed by atoms with van der Waals surface area (Å²) in [6.45, 7) is 9.05. The van der Waals surface area contributed by atoms with Gasteiger partial charge in [0.25, 0.3) is 0 Å². The summed E-state index contributed by atoms with van der Waals surface area (Å²) in [6.07, 6.45) is 0. The molecule has 0 aliphatic rings. The minimum atomic E-state index is 0.393. The lowest BCUT2D eigenvalue weighted by Crippen LogP contribution is -2.00. The first-order chi connectivity index (χ1) is 13.0. The molecule has 4 rings (SSSR count). The second-order valence-electron chi connectivity index (χ2n) is 7.32. The van der Waals surface area contributed by atoms with E-state index in [1.165, 1.54) is 16.0 Å². The molecule has 0 aliphatic carbocycles. The topological polar surface area (TPSA) is 56.7 Å². The van der Waals surface area contributed by atoms with Gasteiger partial charge in [0.1, 0.15) is 0 Å². The van der Waals surface area contributed by atoms with E-state index in [0.29, 0.717) is 12.5 Å². The van der Waals surface area contributed by atoms with E-state index in [-0.39, 0.29) is 0 Å². The number of rotatable bonds is 4. The fourth-order valence-electron chi connectivity index (χ4n) is 3.39. The lowest BCUT2D eigenvalue weighted by molar-refractivity contribution is 0.846. The molecule has 27 heavy (non-hydrogen) atoms. The summed E-state index contributed by atoms with van der Waals surface area (Å²) in [5.74, 6) is 0.393. The molecule has 138 valence electrons. The summed E-state index contributed by atoms with van der Waals surface area (Å²) in [5.41, 5.74) is 12.6. The van der Waals surface area contributed by atoms with E-state index in [0.717, 1.165) is 33.0 Å². The average molecular weight is 377 g/mol. The second-order valence-corrected chi connectivity index (χ2v) is 8.33. The Balaban J connectivity index is 1.93. The quantitative estimate of drug-likeness (QED) is 0.522. The van der Waals surface area contributed by atoms with E-state index in [1.807, 2.05) is 4.68 Å². The van der Waals surface area contributed by atoms with E-state index in [4.69, 9.17) is 15.8 Å². The highest BCUT2D eigenvalue weighted by molar-refractivity contribution is 7.14. The van der Waals surface area contributed by atoms with Crippen molar-refractivity contribution in [2.45, 2.75) is 40.2 Å². The maximum Gasteiger partial charge on any atom is 0.211 e. The molecular weight excluding hydrogens is 352 g/mol. The number of nitrogens with zero attached hydrogens (tertiary/aromatic N) is 3. The van der Waals surface area contributed by atoms with Crippen molar-refractivity contribution in [2.24, 2.45) is 5.73 Å². The summed E-state index contributed by atoms with van der Waals surface area (Å²) in [5, 5.41) is 6.78. The predicted octanol–water partition coefficient (Wildman–Crippen LogP) is 5.35. The molecular formula is C22H24N4S. The number of hydrogen-bond acceptors (Lipinski definition) is 4. The van der Waals surface area contributed by atoms with Gasteiger partial charge in [0.05, 0.1) is 16.9 Å². The summed E-state index contributed by atoms with van der Waals surface area (Å²) in [6, 6.07) is 14.9. The van der Waals surface area contributed by atoms with Crippen LogP contribution in [-0.2, 0) is 6.54 Å². The van der Waals surface area contributed by atoms with Gasteiger partial charge < -0.3 is 5.73 Å². The van der Waals surface area contributed by atoms with Crippen LogP contribution in [0, 0.1) is 13.8 Å². The minimum absolute atomic E-state index is 0.393. The molecule has 0 unspecified atom stereocenters. The van der Waals surface area contributed by atoms with Crippen LogP contribution >= 0.6 is 11.3 Å². The molecule has 0 bridgehead atoms. The monoisotopic (exact) mass is 376 g/mol. The second kappa shape index (κ2) is 6.91. The van der Waals surface area contributed by atoms with Crippen molar-refractivity contribution in [3.05, 3.63) is 64.2 Å². The van der Waals surface area contributed by atoms with Gasteiger partial charge in [-0.05, 0) is 38.0 Å². The van der Waals surface area contributed by atoms with E-state index in [9.17, 15) is 0 Å². The Bertz CT molecular complexity index is 1120. The van der Waals surface area contributed by atoms with Gasteiger partial charge in [-0.1, -0.05) is 60.6 Å². The predicted molar refractivity (Wildman–Crippen MR) is 114 cm³/mol. The first kappa shape index (κ1) is 17.9. The third-order valence-electron chi connectivity index (χ3n) is 4.74. The smallest absolute Gasteiger partial charge is 0.211 e. The highest BCUT2D eigenvalue weighted by atomic mass is 32.1. The molecule has 0 atom stereocenters. The van der Waals surface area contributed by atoms with Crippen LogP contribution in [0.3, 0.4) is 0 Å². The standard InChI is InChI=1S/C22H24N4S/c1-13(2)21-20(16-7-5-6-14(3)10-16)24-22(27-21)26-19-9-8-15(4)11-17(19)18(12-23)25-26/h5-11,13H,12,23H2,1-4H3. The zero-order valence-electron chi connectivity index (χ0n) is 16.2. The van der Waals surface area contributed by atoms with Crippen molar-refractivity contribution in [3.63, 3.8) is 0 Å². The molecule has 2 aromatic heterocycles. The Morgan fingerprint density at radius 2 is 1.85 bits per heavy atom. The van der Waals surface area contributed by atoms with Crippen molar-refractivity contribution in [2.75, 3.05) is 0 Å². The van der Waals surface area contributed by atoms with Crippen LogP contribution in [0.1, 0.15) is 41.5 Å². The molecule has 2 heterocycles. The Morgan fingerprint density at radius 3 is 2.56 bits per heavy atom. The largest absolute Gasteiger partial charge is 0.325 e. The fourth-order valence-corrected chi connectivity index (χ4v) is 4.45. The van der Waals surface area contributed by atoms with Crippen molar-refractivity contribution in [1.82, 2.24) is 14.8 Å². The lowest BCUT2D eigenvalue weighted by atomic mass is 10.0. The molecule has 5 heteroatoms. The molecule has 0 fully saturated rings. The molecule has 4 aromatic rings. The van der Waals surface area contributed by atoms with Gasteiger partial charge in [-0.25, -0.2) is 9.67 Å². The normalized spacial score (nSPS) is 11.6. The van der Waals surface area contributed by atoms with Gasteiger partial charge >= 0.3 is 0 Å². The molecule has 0 saturated heterocycles. The van der Waals surface area contributed by atoms with Gasteiger partial charge in [0.2, 0.25) is 5.13 Å². The van der Waals surface area contributed by atoms with Crippen LogP contribution in [0.2, 0.25) is 0 Å². The molecule has 2 aromatic carbocycles. The van der Waals surface area contributed by atoms with Crippen LogP contribution in [-0.4, -0.2) is 14.8 Å². The van der Waals surface area contributed by atoms with Gasteiger partial charge in [0, 0.05) is 22.4 Å². The highest BCUT2D eigenvalue weighted by Gasteiger charge is 2.20. The number of nitrogens with two attached hydrogens (primary N) is 1. The SMILES string of the molecule is Cc1cccc(-c2nc(-n3nc(CN)c4cc(C)ccc43)sc2C(C)C)c1.